The molecule has 0 saturated heterocycles. The maximum Gasteiger partial charge on any atom is 0.101 e. The van der Waals surface area contributed by atoms with Crippen molar-refractivity contribution in [2.24, 2.45) is 0 Å². The summed E-state index contributed by atoms with van der Waals surface area (Å²) >= 11 is 0. The monoisotopic (exact) mass is 176 g/mol. The van der Waals surface area contributed by atoms with Crippen LogP contribution in [0.15, 0.2) is 6.20 Å². The number of aryl methyl sites for hydroxylation is 1. The van der Waals surface area contributed by atoms with E-state index in [1.54, 1.807) is 6.20 Å². The molecule has 0 unspecified atom stereocenters. The largest absolute Gasteiger partial charge is 0.364 e. The van der Waals surface area contributed by atoms with Crippen molar-refractivity contribution in [1.82, 2.24) is 4.98 Å². The van der Waals surface area contributed by atoms with Crippen LogP contribution in [-0.4, -0.2) is 4.98 Å². The molecule has 0 aliphatic carbocycles. The molecule has 1 aromatic rings. The van der Waals surface area contributed by atoms with Gasteiger partial charge in [0, 0.05) is 11.9 Å². The highest BCUT2D eigenvalue weighted by Gasteiger charge is 2.06. The molecule has 0 amide bonds. The van der Waals surface area contributed by atoms with Gasteiger partial charge in [-0.2, -0.15) is 5.26 Å². The predicted octanol–water partition coefficient (Wildman–Crippen LogP) is 2.93. The topological polar surface area (TPSA) is 39.6 Å². The molecule has 2 heteroatoms. The number of hydrogen-bond acceptors (Lipinski definition) is 1. The summed E-state index contributed by atoms with van der Waals surface area (Å²) in [5, 5.41) is 8.82. The Morgan fingerprint density at radius 2 is 2.23 bits per heavy atom. The van der Waals surface area contributed by atoms with Crippen LogP contribution in [0.25, 0.3) is 0 Å². The summed E-state index contributed by atoms with van der Waals surface area (Å²) in [6, 6.07) is 2.21. The van der Waals surface area contributed by atoms with E-state index >= 15 is 0 Å². The number of aromatic amines is 1. The minimum Gasteiger partial charge on any atom is -0.364 e. The van der Waals surface area contributed by atoms with Crippen LogP contribution in [0.2, 0.25) is 0 Å². The first-order valence-corrected chi connectivity index (χ1v) is 4.86. The number of rotatable bonds is 4. The fraction of sp³-hybridized carbons (Fsp3) is 0.545. The van der Waals surface area contributed by atoms with Crippen molar-refractivity contribution in [3.63, 3.8) is 0 Å². The minimum absolute atomic E-state index is 0.814. The van der Waals surface area contributed by atoms with Gasteiger partial charge < -0.3 is 4.98 Å². The molecule has 0 aliphatic heterocycles. The van der Waals surface area contributed by atoms with E-state index in [1.165, 1.54) is 24.8 Å². The molecule has 2 nitrogen and oxygen atoms in total. The molecule has 0 aromatic carbocycles. The molecule has 0 radical (unpaired) electrons. The number of unbranched alkanes of at least 4 members (excludes halogenated alkanes) is 2. The maximum atomic E-state index is 8.82. The lowest BCUT2D eigenvalue weighted by atomic mass is 10.0. The Labute approximate surface area is 79.6 Å². The van der Waals surface area contributed by atoms with Gasteiger partial charge in [0.05, 0.1) is 5.56 Å². The Balaban J connectivity index is 2.64. The molecular weight excluding hydrogens is 160 g/mol. The van der Waals surface area contributed by atoms with E-state index in [2.05, 4.69) is 18.0 Å². The summed E-state index contributed by atoms with van der Waals surface area (Å²) in [6.45, 7) is 4.22. The van der Waals surface area contributed by atoms with E-state index in [-0.39, 0.29) is 0 Å². The third-order valence-electron chi connectivity index (χ3n) is 2.36. The van der Waals surface area contributed by atoms with Crippen LogP contribution in [0.1, 0.15) is 43.0 Å². The third-order valence-corrected chi connectivity index (χ3v) is 2.36. The molecule has 0 spiro atoms. The number of aromatic nitrogens is 1. The van der Waals surface area contributed by atoms with Crippen molar-refractivity contribution < 1.29 is 0 Å². The Morgan fingerprint density at radius 1 is 1.46 bits per heavy atom. The van der Waals surface area contributed by atoms with E-state index in [1.807, 2.05) is 6.92 Å². The summed E-state index contributed by atoms with van der Waals surface area (Å²) < 4.78 is 0. The lowest BCUT2D eigenvalue weighted by molar-refractivity contribution is 0.715. The van der Waals surface area contributed by atoms with Crippen LogP contribution in [-0.2, 0) is 6.42 Å². The van der Waals surface area contributed by atoms with Crippen LogP contribution >= 0.6 is 0 Å². The zero-order valence-corrected chi connectivity index (χ0v) is 8.35. The zero-order chi connectivity index (χ0) is 9.68. The van der Waals surface area contributed by atoms with Crippen molar-refractivity contribution >= 4 is 0 Å². The smallest absolute Gasteiger partial charge is 0.101 e. The Hall–Kier alpha value is -1.23. The molecule has 0 bridgehead atoms. The van der Waals surface area contributed by atoms with E-state index in [0.29, 0.717) is 0 Å². The molecule has 0 fully saturated rings. The average Bonchev–Trinajstić information content (AvgIpc) is 2.48. The second kappa shape index (κ2) is 4.71. The van der Waals surface area contributed by atoms with Gasteiger partial charge in [-0.05, 0) is 25.3 Å². The maximum absolute atomic E-state index is 8.82. The minimum atomic E-state index is 0.814. The Morgan fingerprint density at radius 3 is 2.85 bits per heavy atom. The summed E-state index contributed by atoms with van der Waals surface area (Å²) in [6.07, 6.45) is 6.49. The van der Waals surface area contributed by atoms with Crippen molar-refractivity contribution in [2.45, 2.75) is 39.5 Å². The molecule has 1 heterocycles. The fourth-order valence-electron chi connectivity index (χ4n) is 1.53. The van der Waals surface area contributed by atoms with Crippen LogP contribution in [0, 0.1) is 18.3 Å². The first kappa shape index (κ1) is 9.85. The quantitative estimate of drug-likeness (QED) is 0.704. The molecule has 0 saturated carbocycles. The summed E-state index contributed by atoms with van der Waals surface area (Å²) in [5.74, 6) is 0. The van der Waals surface area contributed by atoms with E-state index in [0.717, 1.165) is 17.7 Å². The highest BCUT2D eigenvalue weighted by atomic mass is 14.7. The number of nitrogens with zero attached hydrogens (tertiary/aromatic N) is 1. The van der Waals surface area contributed by atoms with Crippen molar-refractivity contribution in [1.29, 1.82) is 5.26 Å². The van der Waals surface area contributed by atoms with Crippen molar-refractivity contribution in [2.75, 3.05) is 0 Å². The van der Waals surface area contributed by atoms with Gasteiger partial charge in [0.1, 0.15) is 6.07 Å². The normalized spacial score (nSPS) is 9.92. The van der Waals surface area contributed by atoms with Gasteiger partial charge in [-0.25, -0.2) is 0 Å². The Bertz CT molecular complexity index is 304. The lowest BCUT2D eigenvalue weighted by Crippen LogP contribution is -1.89. The molecule has 1 aromatic heterocycles. The standard InChI is InChI=1S/C11H16N2/c1-3-4-5-6-11-9(2)13-8-10(11)7-12/h8,13H,3-6H2,1-2H3. The van der Waals surface area contributed by atoms with Crippen LogP contribution in [0.5, 0.6) is 0 Å². The van der Waals surface area contributed by atoms with Gasteiger partial charge in [0.15, 0.2) is 0 Å². The van der Waals surface area contributed by atoms with Gasteiger partial charge in [-0.3, -0.25) is 0 Å². The zero-order valence-electron chi connectivity index (χ0n) is 8.35. The lowest BCUT2D eigenvalue weighted by Gasteiger charge is -1.99. The molecule has 70 valence electrons. The van der Waals surface area contributed by atoms with Crippen LogP contribution in [0.4, 0.5) is 0 Å². The summed E-state index contributed by atoms with van der Waals surface area (Å²) in [4.78, 5) is 3.09. The number of H-pyrrole nitrogens is 1. The molecule has 0 aliphatic rings. The highest BCUT2D eigenvalue weighted by molar-refractivity contribution is 5.39. The third kappa shape index (κ3) is 2.35. The SMILES string of the molecule is CCCCCc1c(C#N)c[nH]c1C. The van der Waals surface area contributed by atoms with Gasteiger partial charge >= 0.3 is 0 Å². The van der Waals surface area contributed by atoms with Crippen LogP contribution < -0.4 is 0 Å². The molecule has 13 heavy (non-hydrogen) atoms. The van der Waals surface area contributed by atoms with Crippen LogP contribution in [0.3, 0.4) is 0 Å². The first-order valence-electron chi connectivity index (χ1n) is 4.86. The fourth-order valence-corrected chi connectivity index (χ4v) is 1.53. The number of hydrogen-bond donors (Lipinski definition) is 1. The summed E-state index contributed by atoms with van der Waals surface area (Å²) in [5.41, 5.74) is 3.16. The van der Waals surface area contributed by atoms with Crippen molar-refractivity contribution in [3.05, 3.63) is 23.0 Å². The second-order valence-corrected chi connectivity index (χ2v) is 3.37. The highest BCUT2D eigenvalue weighted by Crippen LogP contribution is 2.15. The first-order chi connectivity index (χ1) is 6.29. The van der Waals surface area contributed by atoms with E-state index in [4.69, 9.17) is 5.26 Å². The second-order valence-electron chi connectivity index (χ2n) is 3.37. The summed E-state index contributed by atoms with van der Waals surface area (Å²) in [7, 11) is 0. The Kier molecular flexibility index (Phi) is 3.57. The molecule has 1 N–H and O–H groups in total. The van der Waals surface area contributed by atoms with E-state index in [9.17, 15) is 0 Å². The predicted molar refractivity (Wildman–Crippen MR) is 53.5 cm³/mol. The van der Waals surface area contributed by atoms with Gasteiger partial charge in [0.25, 0.3) is 0 Å². The van der Waals surface area contributed by atoms with Gasteiger partial charge in [-0.15, -0.1) is 0 Å². The van der Waals surface area contributed by atoms with Crippen molar-refractivity contribution in [3.8, 4) is 6.07 Å². The molecular formula is C11H16N2. The number of nitriles is 1. The molecule has 0 atom stereocenters. The van der Waals surface area contributed by atoms with Gasteiger partial charge in [0.2, 0.25) is 0 Å². The number of nitrogens with one attached hydrogen (secondary N) is 1. The average molecular weight is 176 g/mol. The van der Waals surface area contributed by atoms with Gasteiger partial charge in [-0.1, -0.05) is 19.8 Å². The van der Waals surface area contributed by atoms with E-state index < -0.39 is 0 Å². The molecule has 1 rings (SSSR count).